The minimum absolute atomic E-state index is 0.0123. The van der Waals surface area contributed by atoms with E-state index in [-0.39, 0.29) is 4.90 Å². The lowest BCUT2D eigenvalue weighted by atomic mass is 10.2. The van der Waals surface area contributed by atoms with Crippen LogP contribution in [0, 0.1) is 0 Å². The minimum atomic E-state index is -4.02. The van der Waals surface area contributed by atoms with Gasteiger partial charge in [0.05, 0.1) is 4.90 Å². The van der Waals surface area contributed by atoms with Crippen LogP contribution < -0.4 is 0 Å². The molecule has 5 nitrogen and oxygen atoms in total. The molecule has 0 saturated heterocycles. The Morgan fingerprint density at radius 1 is 1.00 bits per heavy atom. The summed E-state index contributed by atoms with van der Waals surface area (Å²) in [6.07, 6.45) is 2.83. The van der Waals surface area contributed by atoms with E-state index in [4.69, 9.17) is 4.28 Å². The summed E-state index contributed by atoms with van der Waals surface area (Å²) in [5, 5.41) is 0.682. The average molecular weight is 317 g/mol. The van der Waals surface area contributed by atoms with Crippen molar-refractivity contribution >= 4 is 22.1 Å². The molecule has 0 spiro atoms. The van der Waals surface area contributed by atoms with Gasteiger partial charge in [0.1, 0.15) is 0 Å². The zero-order valence-corrected chi connectivity index (χ0v) is 12.7. The van der Waals surface area contributed by atoms with Gasteiger partial charge in [-0.3, -0.25) is 4.79 Å². The smallest absolute Gasteiger partial charge is 0.267 e. The van der Waals surface area contributed by atoms with E-state index in [0.29, 0.717) is 5.06 Å². The normalized spacial score (nSPS) is 11.5. The quantitative estimate of drug-likeness (QED) is 0.628. The highest BCUT2D eigenvalue weighted by Crippen LogP contribution is 2.13. The van der Waals surface area contributed by atoms with Crippen molar-refractivity contribution in [3.63, 3.8) is 0 Å². The average Bonchev–Trinajstić information content (AvgIpc) is 2.54. The van der Waals surface area contributed by atoms with Gasteiger partial charge in [-0.2, -0.15) is 8.42 Å². The molecule has 0 N–H and O–H groups in total. The van der Waals surface area contributed by atoms with Crippen molar-refractivity contribution in [3.8, 4) is 0 Å². The fourth-order valence-electron chi connectivity index (χ4n) is 1.65. The first kappa shape index (κ1) is 15.9. The molecule has 0 aliphatic carbocycles. The first-order chi connectivity index (χ1) is 10.5. The summed E-state index contributed by atoms with van der Waals surface area (Å²) >= 11 is 0. The summed E-state index contributed by atoms with van der Waals surface area (Å²) < 4.78 is 28.7. The van der Waals surface area contributed by atoms with Crippen molar-refractivity contribution in [2.75, 3.05) is 7.05 Å². The van der Waals surface area contributed by atoms with Crippen molar-refractivity contribution < 1.29 is 17.5 Å². The Morgan fingerprint density at radius 2 is 1.55 bits per heavy atom. The lowest BCUT2D eigenvalue weighted by molar-refractivity contribution is -0.145. The highest BCUT2D eigenvalue weighted by Gasteiger charge is 2.20. The maximum absolute atomic E-state index is 12.0. The van der Waals surface area contributed by atoms with Crippen LogP contribution in [0.1, 0.15) is 5.56 Å². The fraction of sp³-hybridized carbons (Fsp3) is 0.0625. The number of carbonyl (C=O) groups is 1. The molecule has 0 unspecified atom stereocenters. The SMILES string of the molecule is CN(OS(=O)(=O)c1ccccc1)C(=O)/C=C/c1ccccc1. The highest BCUT2D eigenvalue weighted by molar-refractivity contribution is 7.86. The molecule has 0 aromatic heterocycles. The molecule has 0 fully saturated rings. The third-order valence-electron chi connectivity index (χ3n) is 2.77. The molecule has 0 atom stereocenters. The van der Waals surface area contributed by atoms with Crippen molar-refractivity contribution in [1.82, 2.24) is 5.06 Å². The fourth-order valence-corrected chi connectivity index (χ4v) is 2.60. The molecule has 6 heteroatoms. The Labute approximate surface area is 129 Å². The number of hydrogen-bond acceptors (Lipinski definition) is 4. The predicted molar refractivity (Wildman–Crippen MR) is 83.0 cm³/mol. The largest absolute Gasteiger partial charge is 0.317 e. The third-order valence-corrected chi connectivity index (χ3v) is 4.04. The van der Waals surface area contributed by atoms with Gasteiger partial charge in [-0.25, -0.2) is 5.06 Å². The van der Waals surface area contributed by atoms with Crippen molar-refractivity contribution in [1.29, 1.82) is 0 Å². The number of rotatable bonds is 5. The molecule has 2 rings (SSSR count). The van der Waals surface area contributed by atoms with Crippen molar-refractivity contribution in [2.24, 2.45) is 0 Å². The molecule has 2 aromatic carbocycles. The molecule has 0 radical (unpaired) electrons. The lowest BCUT2D eigenvalue weighted by Crippen LogP contribution is -2.28. The van der Waals surface area contributed by atoms with Gasteiger partial charge in [0.15, 0.2) is 0 Å². The minimum Gasteiger partial charge on any atom is -0.267 e. The van der Waals surface area contributed by atoms with E-state index in [1.807, 2.05) is 30.3 Å². The zero-order valence-electron chi connectivity index (χ0n) is 11.9. The predicted octanol–water partition coefficient (Wildman–Crippen LogP) is 2.48. The molecule has 22 heavy (non-hydrogen) atoms. The monoisotopic (exact) mass is 317 g/mol. The number of hydrogen-bond donors (Lipinski definition) is 0. The number of carbonyl (C=O) groups excluding carboxylic acids is 1. The number of benzene rings is 2. The van der Waals surface area contributed by atoms with Gasteiger partial charge in [0.2, 0.25) is 0 Å². The van der Waals surface area contributed by atoms with E-state index in [0.717, 1.165) is 5.56 Å². The third kappa shape index (κ3) is 4.28. The Morgan fingerprint density at radius 3 is 2.14 bits per heavy atom. The Kier molecular flexibility index (Phi) is 5.08. The number of amides is 1. The first-order valence-corrected chi connectivity index (χ1v) is 7.90. The van der Waals surface area contributed by atoms with Crippen LogP contribution in [0.4, 0.5) is 0 Å². The molecule has 0 aliphatic heterocycles. The van der Waals surface area contributed by atoms with Crippen LogP contribution in [-0.4, -0.2) is 26.4 Å². The Bertz CT molecular complexity index is 755. The second-order valence-corrected chi connectivity index (χ2v) is 5.95. The van der Waals surface area contributed by atoms with Gasteiger partial charge in [-0.05, 0) is 23.8 Å². The van der Waals surface area contributed by atoms with Gasteiger partial charge in [-0.1, -0.05) is 48.5 Å². The summed E-state index contributed by atoms with van der Waals surface area (Å²) in [6.45, 7) is 0. The number of hydroxylamine groups is 2. The standard InChI is InChI=1S/C16H15NO4S/c1-17(16(18)13-12-14-8-4-2-5-9-14)21-22(19,20)15-10-6-3-7-11-15/h2-13H,1H3/b13-12+. The van der Waals surface area contributed by atoms with Crippen molar-refractivity contribution in [3.05, 3.63) is 72.3 Å². The van der Waals surface area contributed by atoms with Crippen LogP contribution in [-0.2, 0) is 19.2 Å². The second-order valence-electron chi connectivity index (χ2n) is 4.42. The molecule has 0 bridgehead atoms. The van der Waals surface area contributed by atoms with E-state index >= 15 is 0 Å². The molecule has 0 heterocycles. The summed E-state index contributed by atoms with van der Waals surface area (Å²) in [5.41, 5.74) is 0.829. The van der Waals surface area contributed by atoms with Crippen LogP contribution in [0.5, 0.6) is 0 Å². The van der Waals surface area contributed by atoms with Gasteiger partial charge in [-0.15, -0.1) is 4.28 Å². The summed E-state index contributed by atoms with van der Waals surface area (Å²) in [4.78, 5) is 11.9. The number of likely N-dealkylation sites (N-methyl/N-ethyl adjacent to an activating group) is 1. The lowest BCUT2D eigenvalue weighted by Gasteiger charge is -2.14. The van der Waals surface area contributed by atoms with E-state index in [1.165, 1.54) is 25.3 Å². The maximum atomic E-state index is 12.0. The van der Waals surface area contributed by atoms with E-state index in [2.05, 4.69) is 0 Å². The maximum Gasteiger partial charge on any atom is 0.317 e. The molecular weight excluding hydrogens is 302 g/mol. The van der Waals surface area contributed by atoms with Crippen LogP contribution >= 0.6 is 0 Å². The molecule has 0 aliphatic rings. The summed E-state index contributed by atoms with van der Waals surface area (Å²) in [7, 11) is -2.77. The highest BCUT2D eigenvalue weighted by atomic mass is 32.2. The summed E-state index contributed by atoms with van der Waals surface area (Å²) in [6, 6.07) is 16.8. The molecule has 1 amide bonds. The molecule has 114 valence electrons. The zero-order chi connectivity index (χ0) is 16.0. The van der Waals surface area contributed by atoms with Gasteiger partial charge in [0, 0.05) is 13.1 Å². The topological polar surface area (TPSA) is 63.7 Å². The molecular formula is C16H15NO4S. The Balaban J connectivity index is 2.04. The molecule has 0 saturated carbocycles. The Hall–Kier alpha value is -2.44. The van der Waals surface area contributed by atoms with Crippen LogP contribution in [0.3, 0.4) is 0 Å². The number of nitrogens with zero attached hydrogens (tertiary/aromatic N) is 1. The van der Waals surface area contributed by atoms with Crippen LogP contribution in [0.15, 0.2) is 71.6 Å². The first-order valence-electron chi connectivity index (χ1n) is 6.49. The van der Waals surface area contributed by atoms with Crippen LogP contribution in [0.25, 0.3) is 6.08 Å². The van der Waals surface area contributed by atoms with Crippen LogP contribution in [0.2, 0.25) is 0 Å². The van der Waals surface area contributed by atoms with Gasteiger partial charge >= 0.3 is 10.1 Å². The van der Waals surface area contributed by atoms with Crippen molar-refractivity contribution in [2.45, 2.75) is 4.90 Å². The van der Waals surface area contributed by atoms with E-state index in [9.17, 15) is 13.2 Å². The summed E-state index contributed by atoms with van der Waals surface area (Å²) in [5.74, 6) is -0.580. The van der Waals surface area contributed by atoms with Gasteiger partial charge in [0.25, 0.3) is 5.91 Å². The van der Waals surface area contributed by atoms with Gasteiger partial charge < -0.3 is 0 Å². The van der Waals surface area contributed by atoms with E-state index in [1.54, 1.807) is 24.3 Å². The van der Waals surface area contributed by atoms with E-state index < -0.39 is 16.0 Å². The molecule has 2 aromatic rings. The second kappa shape index (κ2) is 7.02.